The van der Waals surface area contributed by atoms with Crippen LogP contribution in [0.5, 0.6) is 5.75 Å². The number of nitrogens with one attached hydrogen (secondary N) is 1. The number of amides is 1. The first-order chi connectivity index (χ1) is 17.8. The lowest BCUT2D eigenvalue weighted by atomic mass is 10.0. The molecule has 0 unspecified atom stereocenters. The van der Waals surface area contributed by atoms with Crippen molar-refractivity contribution < 1.29 is 37.3 Å². The van der Waals surface area contributed by atoms with Crippen molar-refractivity contribution in [3.8, 4) is 11.8 Å². The second-order valence-corrected chi connectivity index (χ2v) is 10.3. The smallest absolute Gasteiger partial charge is 0.407 e. The molecule has 0 bridgehead atoms. The number of carbonyl (C=O) groups excluding carboxylic acids is 1. The van der Waals surface area contributed by atoms with Gasteiger partial charge in [-0.15, -0.1) is 0 Å². The molecule has 2 N–H and O–H groups in total. The van der Waals surface area contributed by atoms with Crippen LogP contribution in [-0.2, 0) is 30.7 Å². The van der Waals surface area contributed by atoms with Crippen LogP contribution >= 0.6 is 0 Å². The summed E-state index contributed by atoms with van der Waals surface area (Å²) >= 11 is 0. The quantitative estimate of drug-likeness (QED) is 0.416. The Balaban J connectivity index is 1.78. The molecule has 200 valence electrons. The minimum Gasteiger partial charge on any atom is -0.497 e. The maximum atomic E-state index is 13.4. The molecule has 0 spiro atoms. The highest BCUT2D eigenvalue weighted by atomic mass is 32.2. The summed E-state index contributed by atoms with van der Waals surface area (Å²) in [6.45, 7) is -0.00852. The average molecular weight is 534 g/mol. The van der Waals surface area contributed by atoms with Crippen molar-refractivity contribution in [1.82, 2.24) is 9.62 Å². The van der Waals surface area contributed by atoms with E-state index in [0.717, 1.165) is 9.87 Å². The van der Waals surface area contributed by atoms with Gasteiger partial charge in [-0.05, 0) is 36.2 Å². The summed E-state index contributed by atoms with van der Waals surface area (Å²) < 4.78 is 48.5. The molecule has 0 aromatic heterocycles. The van der Waals surface area contributed by atoms with Crippen LogP contribution in [0.4, 0.5) is 4.79 Å². The number of rotatable bonds is 12. The van der Waals surface area contributed by atoms with E-state index in [0.29, 0.717) is 5.75 Å². The number of sulfonamides is 1. The number of aliphatic hydroxyl groups excluding tert-OH is 1. The monoisotopic (exact) mass is 533 g/mol. The Hall–Kier alpha value is -3.21. The molecule has 0 radical (unpaired) electrons. The third kappa shape index (κ3) is 8.41. The van der Waals surface area contributed by atoms with Crippen LogP contribution in [0, 0.1) is 11.3 Å². The summed E-state index contributed by atoms with van der Waals surface area (Å²) in [4.78, 5) is 12.6. The number of ether oxygens (including phenoxy) is 4. The van der Waals surface area contributed by atoms with E-state index in [2.05, 4.69) is 5.32 Å². The first kappa shape index (κ1) is 28.4. The highest BCUT2D eigenvalue weighted by Crippen LogP contribution is 2.21. The molecule has 12 heteroatoms. The molecule has 2 atom stereocenters. The molecule has 1 aliphatic heterocycles. The Bertz CT molecular complexity index is 1130. The average Bonchev–Trinajstić information content (AvgIpc) is 2.91. The molecule has 0 aliphatic carbocycles. The van der Waals surface area contributed by atoms with E-state index in [-0.39, 0.29) is 50.8 Å². The zero-order valence-electron chi connectivity index (χ0n) is 20.5. The minimum atomic E-state index is -4.06. The van der Waals surface area contributed by atoms with Gasteiger partial charge >= 0.3 is 6.09 Å². The maximum absolute atomic E-state index is 13.4. The Morgan fingerprint density at radius 3 is 2.49 bits per heavy atom. The van der Waals surface area contributed by atoms with Gasteiger partial charge in [0.25, 0.3) is 0 Å². The highest BCUT2D eigenvalue weighted by Gasteiger charge is 2.31. The second-order valence-electron chi connectivity index (χ2n) is 8.34. The maximum Gasteiger partial charge on any atom is 0.407 e. The predicted molar refractivity (Wildman–Crippen MR) is 132 cm³/mol. The van der Waals surface area contributed by atoms with Crippen molar-refractivity contribution in [3.05, 3.63) is 60.2 Å². The topological polar surface area (TPSA) is 147 Å². The summed E-state index contributed by atoms with van der Waals surface area (Å²) in [5.41, 5.74) is 0.817. The number of aliphatic hydroxyl groups is 1. The van der Waals surface area contributed by atoms with Crippen LogP contribution in [0.25, 0.3) is 0 Å². The van der Waals surface area contributed by atoms with Crippen molar-refractivity contribution in [3.63, 3.8) is 0 Å². The van der Waals surface area contributed by atoms with Gasteiger partial charge in [0.1, 0.15) is 12.5 Å². The Labute approximate surface area is 216 Å². The number of nitriles is 1. The Morgan fingerprint density at radius 1 is 1.19 bits per heavy atom. The third-order valence-corrected chi connectivity index (χ3v) is 7.55. The fourth-order valence-electron chi connectivity index (χ4n) is 3.74. The van der Waals surface area contributed by atoms with Crippen LogP contribution in [0.15, 0.2) is 59.5 Å². The van der Waals surface area contributed by atoms with Gasteiger partial charge in [0.2, 0.25) is 10.0 Å². The molecule has 0 saturated carbocycles. The normalized spacial score (nSPS) is 15.9. The van der Waals surface area contributed by atoms with Crippen LogP contribution in [0.3, 0.4) is 0 Å². The molecule has 2 aromatic rings. The number of alkyl carbamates (subject to hydrolysis) is 1. The lowest BCUT2D eigenvalue weighted by Gasteiger charge is -2.30. The van der Waals surface area contributed by atoms with Crippen molar-refractivity contribution in [2.45, 2.75) is 36.0 Å². The van der Waals surface area contributed by atoms with Crippen molar-refractivity contribution in [1.29, 1.82) is 5.26 Å². The van der Waals surface area contributed by atoms with Crippen LogP contribution in [-0.4, -0.2) is 82.4 Å². The molecule has 37 heavy (non-hydrogen) atoms. The molecule has 1 saturated heterocycles. The van der Waals surface area contributed by atoms with Crippen molar-refractivity contribution in [2.24, 2.45) is 0 Å². The Kier molecular flexibility index (Phi) is 10.7. The van der Waals surface area contributed by atoms with Gasteiger partial charge in [-0.25, -0.2) is 13.2 Å². The van der Waals surface area contributed by atoms with Crippen LogP contribution < -0.4 is 10.1 Å². The molecule has 1 heterocycles. The van der Waals surface area contributed by atoms with E-state index in [1.165, 1.54) is 31.4 Å². The fraction of sp³-hybridized carbons (Fsp3) is 0.440. The minimum absolute atomic E-state index is 0.0114. The lowest BCUT2D eigenvalue weighted by molar-refractivity contribution is -0.151. The van der Waals surface area contributed by atoms with Crippen LogP contribution in [0.2, 0.25) is 0 Å². The summed E-state index contributed by atoms with van der Waals surface area (Å²) in [7, 11) is -2.59. The number of hydrogen-bond acceptors (Lipinski definition) is 9. The van der Waals surface area contributed by atoms with Crippen LogP contribution in [0.1, 0.15) is 12.0 Å². The highest BCUT2D eigenvalue weighted by molar-refractivity contribution is 7.89. The standard InChI is InChI=1S/C25H31N3O8S/c1-33-20-8-10-22(11-9-20)37(31,32)28(13-5-12-26)15-24(29)23(14-19-6-3-2-4-7-19)27-25(30)36-21-16-34-18-35-17-21/h2-4,6-11,21,23-24,29H,5,13-18H2,1H3,(H,27,30)/t23-,24+/m0/s1. The first-order valence-corrected chi connectivity index (χ1v) is 13.1. The molecule has 2 aromatic carbocycles. The zero-order chi connectivity index (χ0) is 26.7. The van der Waals surface area contributed by atoms with Gasteiger partial charge in [-0.3, -0.25) is 0 Å². The molecule has 3 rings (SSSR count). The van der Waals surface area contributed by atoms with Crippen molar-refractivity contribution in [2.75, 3.05) is 40.2 Å². The summed E-state index contributed by atoms with van der Waals surface area (Å²) in [6, 6.07) is 16.0. The summed E-state index contributed by atoms with van der Waals surface area (Å²) in [6.07, 6.45) is -2.59. The SMILES string of the molecule is COc1ccc(S(=O)(=O)N(CCC#N)C[C@@H](O)[C@H](Cc2ccccc2)NC(=O)OC2COCOC2)cc1. The second kappa shape index (κ2) is 13.9. The van der Waals surface area contributed by atoms with E-state index in [4.69, 9.17) is 24.2 Å². The number of nitrogens with zero attached hydrogens (tertiary/aromatic N) is 2. The molecular formula is C25H31N3O8S. The third-order valence-electron chi connectivity index (χ3n) is 5.67. The number of methoxy groups -OCH3 is 1. The summed E-state index contributed by atoms with van der Waals surface area (Å²) in [5, 5.41) is 22.9. The molecule has 1 amide bonds. The van der Waals surface area contributed by atoms with E-state index < -0.39 is 34.4 Å². The molecule has 11 nitrogen and oxygen atoms in total. The number of carbonyl (C=O) groups is 1. The van der Waals surface area contributed by atoms with Gasteiger partial charge < -0.3 is 29.4 Å². The zero-order valence-corrected chi connectivity index (χ0v) is 21.3. The fourth-order valence-corrected chi connectivity index (χ4v) is 5.20. The van der Waals surface area contributed by atoms with E-state index in [9.17, 15) is 18.3 Å². The van der Waals surface area contributed by atoms with Gasteiger partial charge in [0, 0.05) is 19.5 Å². The summed E-state index contributed by atoms with van der Waals surface area (Å²) in [5.74, 6) is 0.488. The van der Waals surface area contributed by atoms with Gasteiger partial charge in [-0.1, -0.05) is 30.3 Å². The van der Waals surface area contributed by atoms with E-state index in [1.54, 1.807) is 0 Å². The van der Waals surface area contributed by atoms with E-state index in [1.807, 2.05) is 36.4 Å². The van der Waals surface area contributed by atoms with Gasteiger partial charge in [-0.2, -0.15) is 9.57 Å². The predicted octanol–water partition coefficient (Wildman–Crippen LogP) is 1.67. The molecule has 1 fully saturated rings. The van der Waals surface area contributed by atoms with Gasteiger partial charge in [0.05, 0.1) is 43.4 Å². The largest absolute Gasteiger partial charge is 0.497 e. The molecular weight excluding hydrogens is 502 g/mol. The number of benzene rings is 2. The first-order valence-electron chi connectivity index (χ1n) is 11.7. The number of hydrogen-bond donors (Lipinski definition) is 2. The Morgan fingerprint density at radius 2 is 1.86 bits per heavy atom. The van der Waals surface area contributed by atoms with E-state index >= 15 is 0 Å². The van der Waals surface area contributed by atoms with Crippen molar-refractivity contribution >= 4 is 16.1 Å². The molecule has 1 aliphatic rings. The van der Waals surface area contributed by atoms with Gasteiger partial charge in [0.15, 0.2) is 6.10 Å². The lowest BCUT2D eigenvalue weighted by Crippen LogP contribution is -2.51.